The summed E-state index contributed by atoms with van der Waals surface area (Å²) in [7, 11) is 3.52. The molecule has 1 aliphatic heterocycles. The van der Waals surface area contributed by atoms with E-state index in [0.717, 1.165) is 30.2 Å². The third-order valence-corrected chi connectivity index (χ3v) is 3.47. The van der Waals surface area contributed by atoms with Gasteiger partial charge in [-0.2, -0.15) is 0 Å². The Bertz CT molecular complexity index is 620. The Kier molecular flexibility index (Phi) is 3.23. The molecule has 0 fully saturated rings. The third-order valence-electron chi connectivity index (χ3n) is 3.47. The molecule has 20 heavy (non-hydrogen) atoms. The molecule has 1 unspecified atom stereocenters. The van der Waals surface area contributed by atoms with E-state index in [0.29, 0.717) is 0 Å². The summed E-state index contributed by atoms with van der Waals surface area (Å²) in [6, 6.07) is 5.40. The minimum absolute atomic E-state index is 0.0252. The summed E-state index contributed by atoms with van der Waals surface area (Å²) in [5.41, 5.74) is 1.86. The fraction of sp³-hybridized carbons (Fsp3) is 0.357. The van der Waals surface area contributed by atoms with Crippen LogP contribution in [0.1, 0.15) is 17.4 Å². The fourth-order valence-electron chi connectivity index (χ4n) is 2.46. The molecule has 2 aromatic heterocycles. The Balaban J connectivity index is 2.02. The number of carbonyl (C=O) groups excluding carboxylic acids is 1. The van der Waals surface area contributed by atoms with Gasteiger partial charge in [0.1, 0.15) is 18.2 Å². The average Bonchev–Trinajstić information content (AvgIpc) is 2.91. The van der Waals surface area contributed by atoms with Gasteiger partial charge in [0.25, 0.3) is 0 Å². The maximum absolute atomic E-state index is 12.2. The molecular formula is C14H17N5O. The molecule has 1 N–H and O–H groups in total. The molecule has 0 saturated carbocycles. The van der Waals surface area contributed by atoms with E-state index in [1.54, 1.807) is 31.5 Å². The van der Waals surface area contributed by atoms with Crippen LogP contribution in [0.15, 0.2) is 30.7 Å². The number of hydrogen-bond acceptors (Lipinski definition) is 4. The van der Waals surface area contributed by atoms with Crippen LogP contribution in [0.5, 0.6) is 0 Å². The first-order valence-corrected chi connectivity index (χ1v) is 6.60. The first kappa shape index (κ1) is 12.8. The van der Waals surface area contributed by atoms with Gasteiger partial charge < -0.3 is 10.2 Å². The van der Waals surface area contributed by atoms with Crippen molar-refractivity contribution >= 4 is 5.91 Å². The van der Waals surface area contributed by atoms with Gasteiger partial charge in [-0.3, -0.25) is 9.36 Å². The van der Waals surface area contributed by atoms with Crippen LogP contribution in [0.3, 0.4) is 0 Å². The summed E-state index contributed by atoms with van der Waals surface area (Å²) >= 11 is 0. The van der Waals surface area contributed by atoms with Crippen molar-refractivity contribution in [1.82, 2.24) is 24.8 Å². The molecule has 6 nitrogen and oxygen atoms in total. The zero-order valence-electron chi connectivity index (χ0n) is 11.6. The van der Waals surface area contributed by atoms with Gasteiger partial charge in [0, 0.05) is 33.3 Å². The highest BCUT2D eigenvalue weighted by molar-refractivity contribution is 5.83. The van der Waals surface area contributed by atoms with E-state index >= 15 is 0 Å². The summed E-state index contributed by atoms with van der Waals surface area (Å²) in [6.07, 6.45) is 4.34. The van der Waals surface area contributed by atoms with E-state index in [1.165, 1.54) is 0 Å². The van der Waals surface area contributed by atoms with E-state index in [2.05, 4.69) is 15.3 Å². The first-order valence-electron chi connectivity index (χ1n) is 6.60. The van der Waals surface area contributed by atoms with Crippen LogP contribution in [-0.2, 0) is 11.2 Å². The number of imidazole rings is 1. The number of aromatic nitrogens is 3. The molecule has 3 rings (SSSR count). The fourth-order valence-corrected chi connectivity index (χ4v) is 2.46. The van der Waals surface area contributed by atoms with Gasteiger partial charge in [-0.15, -0.1) is 0 Å². The summed E-state index contributed by atoms with van der Waals surface area (Å²) in [6.45, 7) is 0.760. The normalized spacial score (nSPS) is 17.6. The van der Waals surface area contributed by atoms with Crippen molar-refractivity contribution in [2.75, 3.05) is 20.6 Å². The predicted molar refractivity (Wildman–Crippen MR) is 74.5 cm³/mol. The number of carbonyl (C=O) groups is 1. The summed E-state index contributed by atoms with van der Waals surface area (Å²) < 4.78 is 1.96. The highest BCUT2D eigenvalue weighted by atomic mass is 16.2. The van der Waals surface area contributed by atoms with E-state index in [1.807, 2.05) is 22.8 Å². The minimum Gasteiger partial charge on any atom is -0.347 e. The molecule has 6 heteroatoms. The van der Waals surface area contributed by atoms with Crippen molar-refractivity contribution < 1.29 is 4.79 Å². The molecule has 0 bridgehead atoms. The lowest BCUT2D eigenvalue weighted by Gasteiger charge is -2.25. The van der Waals surface area contributed by atoms with Crippen molar-refractivity contribution in [3.8, 4) is 5.82 Å². The van der Waals surface area contributed by atoms with Gasteiger partial charge in [-0.1, -0.05) is 6.07 Å². The van der Waals surface area contributed by atoms with Crippen LogP contribution in [0.4, 0.5) is 0 Å². The number of amides is 1. The van der Waals surface area contributed by atoms with Crippen LogP contribution in [0, 0.1) is 0 Å². The van der Waals surface area contributed by atoms with Crippen molar-refractivity contribution in [2.45, 2.75) is 12.5 Å². The second-order valence-corrected chi connectivity index (χ2v) is 5.00. The quantitative estimate of drug-likeness (QED) is 0.866. The lowest BCUT2D eigenvalue weighted by molar-refractivity contribution is -0.131. The largest absolute Gasteiger partial charge is 0.347 e. The molecule has 0 aliphatic carbocycles. The van der Waals surface area contributed by atoms with Crippen molar-refractivity contribution in [3.05, 3.63) is 42.1 Å². The number of nitrogens with zero attached hydrogens (tertiary/aromatic N) is 4. The van der Waals surface area contributed by atoms with Crippen LogP contribution in [0.25, 0.3) is 5.82 Å². The van der Waals surface area contributed by atoms with E-state index in [9.17, 15) is 4.79 Å². The highest BCUT2D eigenvalue weighted by Crippen LogP contribution is 2.24. The van der Waals surface area contributed by atoms with Gasteiger partial charge >= 0.3 is 0 Å². The standard InChI is InChI=1S/C14H17N5O/c1-18(2)14(20)13-12-10(6-8-16-13)19(9-17-12)11-5-3-4-7-15-11/h3-5,7,9,13,16H,6,8H2,1-2H3. The van der Waals surface area contributed by atoms with Gasteiger partial charge in [0.2, 0.25) is 5.91 Å². The van der Waals surface area contributed by atoms with Gasteiger partial charge in [-0.25, -0.2) is 9.97 Å². The number of fused-ring (bicyclic) bond motifs is 1. The number of pyridine rings is 1. The number of likely N-dealkylation sites (N-methyl/N-ethyl adjacent to an activating group) is 1. The van der Waals surface area contributed by atoms with E-state index < -0.39 is 0 Å². The van der Waals surface area contributed by atoms with Crippen LogP contribution >= 0.6 is 0 Å². The van der Waals surface area contributed by atoms with E-state index in [-0.39, 0.29) is 11.9 Å². The molecule has 0 radical (unpaired) electrons. The molecule has 1 aliphatic rings. The number of hydrogen-bond donors (Lipinski definition) is 1. The van der Waals surface area contributed by atoms with Crippen molar-refractivity contribution in [3.63, 3.8) is 0 Å². The molecule has 2 aromatic rings. The first-order chi connectivity index (χ1) is 9.68. The van der Waals surface area contributed by atoms with Gasteiger partial charge in [0.05, 0.1) is 11.4 Å². The molecule has 0 spiro atoms. The predicted octanol–water partition coefficient (Wildman–Crippen LogP) is 0.542. The molecule has 1 atom stereocenters. The topological polar surface area (TPSA) is 63.1 Å². The number of rotatable bonds is 2. The Morgan fingerprint density at radius 1 is 1.40 bits per heavy atom. The Hall–Kier alpha value is -2.21. The van der Waals surface area contributed by atoms with Crippen molar-refractivity contribution in [2.24, 2.45) is 0 Å². The average molecular weight is 271 g/mol. The molecule has 0 saturated heterocycles. The maximum Gasteiger partial charge on any atom is 0.245 e. The van der Waals surface area contributed by atoms with Crippen LogP contribution in [0.2, 0.25) is 0 Å². The third kappa shape index (κ3) is 2.08. The monoisotopic (exact) mass is 271 g/mol. The van der Waals surface area contributed by atoms with E-state index in [4.69, 9.17) is 0 Å². The summed E-state index contributed by atoms with van der Waals surface area (Å²) in [5, 5.41) is 3.23. The lowest BCUT2D eigenvalue weighted by Crippen LogP contribution is -2.41. The minimum atomic E-state index is -0.362. The smallest absolute Gasteiger partial charge is 0.245 e. The van der Waals surface area contributed by atoms with Crippen LogP contribution < -0.4 is 5.32 Å². The molecular weight excluding hydrogens is 254 g/mol. The summed E-state index contributed by atoms with van der Waals surface area (Å²) in [4.78, 5) is 22.6. The van der Waals surface area contributed by atoms with Crippen LogP contribution in [-0.4, -0.2) is 46.0 Å². The summed E-state index contributed by atoms with van der Waals surface area (Å²) in [5.74, 6) is 0.858. The molecule has 104 valence electrons. The zero-order valence-corrected chi connectivity index (χ0v) is 11.6. The number of nitrogens with one attached hydrogen (secondary N) is 1. The lowest BCUT2D eigenvalue weighted by atomic mass is 10.0. The Morgan fingerprint density at radius 3 is 2.95 bits per heavy atom. The molecule has 0 aromatic carbocycles. The molecule has 1 amide bonds. The highest BCUT2D eigenvalue weighted by Gasteiger charge is 2.31. The van der Waals surface area contributed by atoms with Gasteiger partial charge in [0.15, 0.2) is 0 Å². The maximum atomic E-state index is 12.2. The molecule has 3 heterocycles. The van der Waals surface area contributed by atoms with Crippen molar-refractivity contribution in [1.29, 1.82) is 0 Å². The second-order valence-electron chi connectivity index (χ2n) is 5.00. The van der Waals surface area contributed by atoms with Gasteiger partial charge in [-0.05, 0) is 12.1 Å². The second kappa shape index (κ2) is 5.05. The zero-order chi connectivity index (χ0) is 14.1. The SMILES string of the molecule is CN(C)C(=O)C1NCCc2c1ncn2-c1ccccn1. The Labute approximate surface area is 117 Å². The Morgan fingerprint density at radius 2 is 2.25 bits per heavy atom.